The number of rotatable bonds is 10. The van der Waals surface area contributed by atoms with Gasteiger partial charge < -0.3 is 0 Å². The second-order valence-corrected chi connectivity index (χ2v) is 8.59. The Hall–Kier alpha value is -2.75. The Kier molecular flexibility index (Phi) is 8.57. The Labute approximate surface area is 190 Å². The summed E-state index contributed by atoms with van der Waals surface area (Å²) in [7, 11) is 1.76. The van der Waals surface area contributed by atoms with Gasteiger partial charge in [0.15, 0.2) is 0 Å². The van der Waals surface area contributed by atoms with Crippen LogP contribution in [-0.4, -0.2) is 39.9 Å². The van der Waals surface area contributed by atoms with Crippen LogP contribution in [0.25, 0.3) is 5.57 Å². The Morgan fingerprint density at radius 2 is 2.06 bits per heavy atom. The van der Waals surface area contributed by atoms with Gasteiger partial charge in [-0.2, -0.15) is 0 Å². The quantitative estimate of drug-likeness (QED) is 0.448. The number of hydrogen-bond donors (Lipinski definition) is 2. The summed E-state index contributed by atoms with van der Waals surface area (Å²) in [5.41, 5.74) is 5.75. The molecule has 9 heteroatoms. The van der Waals surface area contributed by atoms with Crippen LogP contribution < -0.4 is 10.6 Å². The summed E-state index contributed by atoms with van der Waals surface area (Å²) in [6, 6.07) is 9.53. The summed E-state index contributed by atoms with van der Waals surface area (Å²) >= 11 is 2.91. The van der Waals surface area contributed by atoms with Crippen LogP contribution in [0.5, 0.6) is 0 Å². The number of anilines is 1. The predicted molar refractivity (Wildman–Crippen MR) is 129 cm³/mol. The van der Waals surface area contributed by atoms with E-state index >= 15 is 0 Å². The van der Waals surface area contributed by atoms with Gasteiger partial charge >= 0.3 is 0 Å². The van der Waals surface area contributed by atoms with E-state index in [1.807, 2.05) is 48.7 Å². The zero-order chi connectivity index (χ0) is 22.1. The highest BCUT2D eigenvalue weighted by Crippen LogP contribution is 2.25. The van der Waals surface area contributed by atoms with E-state index in [-0.39, 0.29) is 5.91 Å². The molecule has 0 aliphatic heterocycles. The molecule has 2 N–H and O–H groups in total. The van der Waals surface area contributed by atoms with Crippen LogP contribution in [0, 0.1) is 0 Å². The van der Waals surface area contributed by atoms with Crippen molar-refractivity contribution in [1.82, 2.24) is 20.5 Å². The highest BCUT2D eigenvalue weighted by molar-refractivity contribution is 7.16. The third-order valence-electron chi connectivity index (χ3n) is 4.66. The zero-order valence-corrected chi connectivity index (χ0v) is 19.5. The van der Waals surface area contributed by atoms with E-state index < -0.39 is 6.04 Å². The summed E-state index contributed by atoms with van der Waals surface area (Å²) in [6.45, 7) is 4.53. The third kappa shape index (κ3) is 6.88. The van der Waals surface area contributed by atoms with Gasteiger partial charge in [0.2, 0.25) is 11.0 Å². The molecule has 0 fully saturated rings. The lowest BCUT2D eigenvalue weighted by Crippen LogP contribution is -2.41. The molecule has 0 aliphatic rings. The van der Waals surface area contributed by atoms with Gasteiger partial charge in [0.1, 0.15) is 5.01 Å². The van der Waals surface area contributed by atoms with Crippen molar-refractivity contribution in [1.29, 1.82) is 0 Å². The molecule has 0 saturated heterocycles. The van der Waals surface area contributed by atoms with Crippen molar-refractivity contribution < 1.29 is 4.79 Å². The summed E-state index contributed by atoms with van der Waals surface area (Å²) < 4.78 is 0. The molecule has 2 aromatic heterocycles. The first-order chi connectivity index (χ1) is 15.1. The predicted octanol–water partition coefficient (Wildman–Crippen LogP) is 4.22. The molecule has 0 saturated carbocycles. The standard InChI is InChI=1S/C22H26N6OS2/c1-4-17(10-15(2)23-3)21-27-28-22(31-21)26-20(29)19(11-16-8-6-5-7-9-16)24-12-18-13-30-14-25-18/h5-10,13-14,19,24H,4,11-12H2,1-3H3,(H,26,28,29)/b17-10+,23-15?. The van der Waals surface area contributed by atoms with Crippen molar-refractivity contribution in [3.05, 3.63) is 63.6 Å². The number of nitrogens with one attached hydrogen (secondary N) is 2. The molecule has 0 radical (unpaired) electrons. The van der Waals surface area contributed by atoms with Gasteiger partial charge in [-0.1, -0.05) is 48.6 Å². The minimum atomic E-state index is -0.424. The minimum Gasteiger partial charge on any atom is -0.300 e. The number of aromatic nitrogens is 3. The highest BCUT2D eigenvalue weighted by Gasteiger charge is 2.21. The zero-order valence-electron chi connectivity index (χ0n) is 17.8. The number of benzene rings is 1. The topological polar surface area (TPSA) is 92.2 Å². The van der Waals surface area contributed by atoms with Crippen molar-refractivity contribution in [3.8, 4) is 0 Å². The normalized spacial score (nSPS) is 13.3. The van der Waals surface area contributed by atoms with Gasteiger partial charge in [0, 0.05) is 24.7 Å². The maximum absolute atomic E-state index is 13.1. The van der Waals surface area contributed by atoms with E-state index in [4.69, 9.17) is 0 Å². The number of nitrogens with zero attached hydrogens (tertiary/aromatic N) is 4. The first kappa shape index (κ1) is 22.9. The molecule has 0 aliphatic carbocycles. The highest BCUT2D eigenvalue weighted by atomic mass is 32.1. The number of aliphatic imine (C=N–C) groups is 1. The van der Waals surface area contributed by atoms with Crippen LogP contribution in [0.4, 0.5) is 5.13 Å². The van der Waals surface area contributed by atoms with Crippen LogP contribution in [-0.2, 0) is 17.8 Å². The van der Waals surface area contributed by atoms with Gasteiger partial charge in [-0.05, 0) is 37.0 Å². The lowest BCUT2D eigenvalue weighted by Gasteiger charge is -2.17. The summed E-state index contributed by atoms with van der Waals surface area (Å²) in [6.07, 6.45) is 3.37. The number of thiazole rings is 1. The molecule has 31 heavy (non-hydrogen) atoms. The molecular weight excluding hydrogens is 428 g/mol. The van der Waals surface area contributed by atoms with Crippen LogP contribution >= 0.6 is 22.7 Å². The van der Waals surface area contributed by atoms with Crippen molar-refractivity contribution >= 4 is 45.0 Å². The van der Waals surface area contributed by atoms with Crippen molar-refractivity contribution in [2.45, 2.75) is 39.3 Å². The van der Waals surface area contributed by atoms with Crippen molar-refractivity contribution in [2.75, 3.05) is 12.4 Å². The number of amides is 1. The van der Waals surface area contributed by atoms with Gasteiger partial charge in [-0.15, -0.1) is 21.5 Å². The van der Waals surface area contributed by atoms with Crippen LogP contribution in [0.3, 0.4) is 0 Å². The molecule has 1 aromatic carbocycles. The van der Waals surface area contributed by atoms with Crippen molar-refractivity contribution in [2.24, 2.45) is 4.99 Å². The summed E-state index contributed by atoms with van der Waals surface area (Å²) in [4.78, 5) is 21.5. The van der Waals surface area contributed by atoms with Gasteiger partial charge in [0.25, 0.3) is 0 Å². The summed E-state index contributed by atoms with van der Waals surface area (Å²) in [5.74, 6) is -0.143. The Morgan fingerprint density at radius 1 is 1.26 bits per heavy atom. The van der Waals surface area contributed by atoms with Crippen LogP contribution in [0.2, 0.25) is 0 Å². The smallest absolute Gasteiger partial charge is 0.243 e. The van der Waals surface area contributed by atoms with E-state index in [0.717, 1.165) is 34.0 Å². The SMILES string of the molecule is CC/C(=C\C(C)=NC)c1nnc(NC(=O)C(Cc2ccccc2)NCc2cscn2)s1. The van der Waals surface area contributed by atoms with E-state index in [0.29, 0.717) is 18.1 Å². The third-order valence-corrected chi connectivity index (χ3v) is 6.21. The number of carbonyl (C=O) groups is 1. The average Bonchev–Trinajstić information content (AvgIpc) is 3.47. The number of hydrogen-bond acceptors (Lipinski definition) is 8. The van der Waals surface area contributed by atoms with Crippen molar-refractivity contribution in [3.63, 3.8) is 0 Å². The second kappa shape index (κ2) is 11.6. The first-order valence-electron chi connectivity index (χ1n) is 10.0. The maximum Gasteiger partial charge on any atom is 0.243 e. The van der Waals surface area contributed by atoms with E-state index in [1.54, 1.807) is 12.6 Å². The van der Waals surface area contributed by atoms with E-state index in [9.17, 15) is 4.79 Å². The molecule has 7 nitrogen and oxygen atoms in total. The fourth-order valence-corrected chi connectivity index (χ4v) is 4.28. The molecule has 0 spiro atoms. The Morgan fingerprint density at radius 3 is 2.74 bits per heavy atom. The molecule has 3 rings (SSSR count). The molecule has 1 atom stereocenters. The van der Waals surface area contributed by atoms with E-state index in [2.05, 4.69) is 37.7 Å². The molecule has 2 heterocycles. The minimum absolute atomic E-state index is 0.143. The van der Waals surface area contributed by atoms with E-state index in [1.165, 1.54) is 22.7 Å². The molecular formula is C22H26N6OS2. The van der Waals surface area contributed by atoms with Gasteiger partial charge in [-0.25, -0.2) is 4.98 Å². The van der Waals surface area contributed by atoms with Gasteiger partial charge in [0.05, 0.1) is 17.2 Å². The molecule has 1 amide bonds. The lowest BCUT2D eigenvalue weighted by atomic mass is 10.1. The van der Waals surface area contributed by atoms with Gasteiger partial charge in [-0.3, -0.25) is 20.4 Å². The molecule has 1 unspecified atom stereocenters. The van der Waals surface area contributed by atoms with Crippen LogP contribution in [0.15, 0.2) is 52.3 Å². The van der Waals surface area contributed by atoms with Crippen LogP contribution in [0.1, 0.15) is 36.5 Å². The Balaban J connectivity index is 1.72. The molecule has 0 bridgehead atoms. The summed E-state index contributed by atoms with van der Waals surface area (Å²) in [5, 5.41) is 17.9. The maximum atomic E-state index is 13.1. The number of allylic oxidation sites excluding steroid dienone is 2. The first-order valence-corrected chi connectivity index (χ1v) is 11.8. The second-order valence-electron chi connectivity index (χ2n) is 6.89. The molecule has 162 valence electrons. The molecule has 3 aromatic rings. The fourth-order valence-electron chi connectivity index (χ4n) is 2.89. The fraction of sp³-hybridized carbons (Fsp3) is 0.318. The number of carbonyl (C=O) groups excluding carboxylic acids is 1. The lowest BCUT2D eigenvalue weighted by molar-refractivity contribution is -0.118. The Bertz CT molecular complexity index is 1030. The largest absolute Gasteiger partial charge is 0.300 e. The average molecular weight is 455 g/mol. The monoisotopic (exact) mass is 454 g/mol.